The van der Waals surface area contributed by atoms with E-state index in [0.717, 1.165) is 29.5 Å². The highest BCUT2D eigenvalue weighted by Crippen LogP contribution is 2.17. The first-order chi connectivity index (χ1) is 10.7. The van der Waals surface area contributed by atoms with E-state index < -0.39 is 0 Å². The Balaban J connectivity index is 1.90. The van der Waals surface area contributed by atoms with Gasteiger partial charge in [0, 0.05) is 38.3 Å². The molecule has 118 valence electrons. The number of hydrogen-bond acceptors (Lipinski definition) is 3. The van der Waals surface area contributed by atoms with Crippen LogP contribution in [0.1, 0.15) is 18.9 Å². The zero-order valence-electron chi connectivity index (χ0n) is 13.2. The van der Waals surface area contributed by atoms with Crippen LogP contribution in [0, 0.1) is 0 Å². The Bertz CT molecular complexity index is 610. The number of nitrogens with zero attached hydrogens (tertiary/aromatic N) is 2. The second kappa shape index (κ2) is 8.34. The number of hydrogen-bond donors (Lipinski definition) is 1. The van der Waals surface area contributed by atoms with Crippen molar-refractivity contribution in [3.05, 3.63) is 42.1 Å². The summed E-state index contributed by atoms with van der Waals surface area (Å²) in [6, 6.07) is 9.85. The summed E-state index contributed by atoms with van der Waals surface area (Å²) in [6.07, 6.45) is 2.76. The molecule has 1 aromatic carbocycles. The first kappa shape index (κ1) is 16.2. The zero-order valence-corrected chi connectivity index (χ0v) is 13.2. The fraction of sp³-hybridized carbons (Fsp3) is 0.412. The van der Waals surface area contributed by atoms with E-state index >= 15 is 0 Å². The molecule has 2 aromatic rings. The van der Waals surface area contributed by atoms with Crippen molar-refractivity contribution in [3.8, 4) is 0 Å². The molecule has 5 nitrogen and oxygen atoms in total. The van der Waals surface area contributed by atoms with Gasteiger partial charge in [0.2, 0.25) is 0 Å². The van der Waals surface area contributed by atoms with E-state index in [1.807, 2.05) is 30.3 Å². The summed E-state index contributed by atoms with van der Waals surface area (Å²) in [6.45, 7) is 4.38. The maximum absolute atomic E-state index is 12.1. The molecule has 0 aliphatic heterocycles. The SMILES string of the molecule is CCCOCCNC(=O)N(C)Cc1cccc2cccnc12. The Kier molecular flexibility index (Phi) is 6.15. The molecule has 1 N–H and O–H groups in total. The van der Waals surface area contributed by atoms with E-state index in [1.165, 1.54) is 0 Å². The Morgan fingerprint density at radius 2 is 2.09 bits per heavy atom. The molecule has 0 radical (unpaired) electrons. The molecular weight excluding hydrogens is 278 g/mol. The lowest BCUT2D eigenvalue weighted by atomic mass is 10.1. The van der Waals surface area contributed by atoms with Crippen LogP contribution in [0.15, 0.2) is 36.5 Å². The van der Waals surface area contributed by atoms with Gasteiger partial charge < -0.3 is 15.0 Å². The number of benzene rings is 1. The lowest BCUT2D eigenvalue weighted by molar-refractivity contribution is 0.135. The Hall–Kier alpha value is -2.14. The van der Waals surface area contributed by atoms with Crippen molar-refractivity contribution >= 4 is 16.9 Å². The highest BCUT2D eigenvalue weighted by Gasteiger charge is 2.10. The average Bonchev–Trinajstić information content (AvgIpc) is 2.54. The third-order valence-electron chi connectivity index (χ3n) is 3.34. The molecular formula is C17H23N3O2. The summed E-state index contributed by atoms with van der Waals surface area (Å²) in [5.41, 5.74) is 1.98. The van der Waals surface area contributed by atoms with Crippen molar-refractivity contribution in [2.45, 2.75) is 19.9 Å². The van der Waals surface area contributed by atoms with Crippen LogP contribution in [0.5, 0.6) is 0 Å². The zero-order chi connectivity index (χ0) is 15.8. The normalized spacial score (nSPS) is 10.6. The molecule has 0 unspecified atom stereocenters. The second-order valence-electron chi connectivity index (χ2n) is 5.19. The Morgan fingerprint density at radius 1 is 1.27 bits per heavy atom. The highest BCUT2D eigenvalue weighted by atomic mass is 16.5. The molecule has 0 atom stereocenters. The van der Waals surface area contributed by atoms with Gasteiger partial charge in [-0.15, -0.1) is 0 Å². The fourth-order valence-electron chi connectivity index (χ4n) is 2.23. The fourth-order valence-corrected chi connectivity index (χ4v) is 2.23. The molecule has 0 aliphatic rings. The maximum atomic E-state index is 12.1. The van der Waals surface area contributed by atoms with Gasteiger partial charge in [-0.2, -0.15) is 0 Å². The molecule has 5 heteroatoms. The standard InChI is InChI=1S/C17H23N3O2/c1-3-11-22-12-10-19-17(21)20(2)13-15-7-4-6-14-8-5-9-18-16(14)15/h4-9H,3,10-13H2,1-2H3,(H,19,21). The van der Waals surface area contributed by atoms with Crippen molar-refractivity contribution < 1.29 is 9.53 Å². The van der Waals surface area contributed by atoms with Gasteiger partial charge in [-0.3, -0.25) is 4.98 Å². The molecule has 1 heterocycles. The summed E-state index contributed by atoms with van der Waals surface area (Å²) < 4.78 is 5.35. The lowest BCUT2D eigenvalue weighted by Crippen LogP contribution is -2.38. The van der Waals surface area contributed by atoms with Gasteiger partial charge in [-0.05, 0) is 18.1 Å². The van der Waals surface area contributed by atoms with Crippen LogP contribution in [0.3, 0.4) is 0 Å². The number of ether oxygens (including phenoxy) is 1. The van der Waals surface area contributed by atoms with Crippen LogP contribution in [0.2, 0.25) is 0 Å². The minimum Gasteiger partial charge on any atom is -0.380 e. The van der Waals surface area contributed by atoms with Crippen molar-refractivity contribution in [3.63, 3.8) is 0 Å². The maximum Gasteiger partial charge on any atom is 0.317 e. The van der Waals surface area contributed by atoms with Crippen LogP contribution in [0.4, 0.5) is 4.79 Å². The van der Waals surface area contributed by atoms with Gasteiger partial charge in [0.25, 0.3) is 0 Å². The van der Waals surface area contributed by atoms with E-state index in [2.05, 4.69) is 17.2 Å². The van der Waals surface area contributed by atoms with Crippen molar-refractivity contribution in [1.82, 2.24) is 15.2 Å². The molecule has 0 spiro atoms. The molecule has 0 saturated carbocycles. The average molecular weight is 301 g/mol. The van der Waals surface area contributed by atoms with Crippen LogP contribution in [-0.2, 0) is 11.3 Å². The number of aromatic nitrogens is 1. The van der Waals surface area contributed by atoms with Crippen LogP contribution in [0.25, 0.3) is 10.9 Å². The Labute approximate surface area is 131 Å². The van der Waals surface area contributed by atoms with E-state index in [1.54, 1.807) is 18.1 Å². The van der Waals surface area contributed by atoms with Crippen molar-refractivity contribution in [2.75, 3.05) is 26.8 Å². The van der Waals surface area contributed by atoms with Crippen LogP contribution >= 0.6 is 0 Å². The second-order valence-corrected chi connectivity index (χ2v) is 5.19. The number of carbonyl (C=O) groups is 1. The van der Waals surface area contributed by atoms with Gasteiger partial charge >= 0.3 is 6.03 Å². The third-order valence-corrected chi connectivity index (χ3v) is 3.34. The Morgan fingerprint density at radius 3 is 2.91 bits per heavy atom. The van der Waals surface area contributed by atoms with Gasteiger partial charge in [0.15, 0.2) is 0 Å². The minimum absolute atomic E-state index is 0.104. The third kappa shape index (κ3) is 4.43. The highest BCUT2D eigenvalue weighted by molar-refractivity contribution is 5.82. The van der Waals surface area contributed by atoms with Gasteiger partial charge in [0.05, 0.1) is 12.1 Å². The molecule has 0 bridgehead atoms. The van der Waals surface area contributed by atoms with Gasteiger partial charge in [-0.25, -0.2) is 4.79 Å². The molecule has 22 heavy (non-hydrogen) atoms. The first-order valence-electron chi connectivity index (χ1n) is 7.61. The van der Waals surface area contributed by atoms with Crippen LogP contribution < -0.4 is 5.32 Å². The number of amides is 2. The predicted molar refractivity (Wildman–Crippen MR) is 87.7 cm³/mol. The summed E-state index contributed by atoms with van der Waals surface area (Å²) in [4.78, 5) is 18.1. The number of fused-ring (bicyclic) bond motifs is 1. The van der Waals surface area contributed by atoms with E-state index in [-0.39, 0.29) is 6.03 Å². The number of nitrogens with one attached hydrogen (secondary N) is 1. The largest absolute Gasteiger partial charge is 0.380 e. The number of para-hydroxylation sites is 1. The van der Waals surface area contributed by atoms with Gasteiger partial charge in [-0.1, -0.05) is 31.2 Å². The number of rotatable bonds is 7. The topological polar surface area (TPSA) is 54.5 Å². The minimum atomic E-state index is -0.104. The molecule has 2 amide bonds. The summed E-state index contributed by atoms with van der Waals surface area (Å²) in [5, 5.41) is 3.94. The molecule has 1 aromatic heterocycles. The van der Waals surface area contributed by atoms with Gasteiger partial charge in [0.1, 0.15) is 0 Å². The summed E-state index contributed by atoms with van der Waals surface area (Å²) in [5.74, 6) is 0. The quantitative estimate of drug-likeness (QED) is 0.800. The van der Waals surface area contributed by atoms with Crippen LogP contribution in [-0.4, -0.2) is 42.7 Å². The van der Waals surface area contributed by atoms with E-state index in [9.17, 15) is 4.79 Å². The summed E-state index contributed by atoms with van der Waals surface area (Å²) >= 11 is 0. The number of urea groups is 1. The molecule has 0 fully saturated rings. The molecule has 2 rings (SSSR count). The van der Waals surface area contributed by atoms with Crippen molar-refractivity contribution in [1.29, 1.82) is 0 Å². The molecule has 0 saturated heterocycles. The smallest absolute Gasteiger partial charge is 0.317 e. The van der Waals surface area contributed by atoms with E-state index in [4.69, 9.17) is 4.74 Å². The monoisotopic (exact) mass is 301 g/mol. The number of carbonyl (C=O) groups excluding carboxylic acids is 1. The lowest BCUT2D eigenvalue weighted by Gasteiger charge is -2.18. The molecule has 0 aliphatic carbocycles. The first-order valence-corrected chi connectivity index (χ1v) is 7.61. The van der Waals surface area contributed by atoms with Crippen molar-refractivity contribution in [2.24, 2.45) is 0 Å². The van der Waals surface area contributed by atoms with E-state index in [0.29, 0.717) is 19.7 Å². The predicted octanol–water partition coefficient (Wildman–Crippen LogP) is 2.80. The number of pyridine rings is 1. The summed E-state index contributed by atoms with van der Waals surface area (Å²) in [7, 11) is 1.78.